The van der Waals surface area contributed by atoms with Crippen molar-refractivity contribution in [2.24, 2.45) is 5.92 Å². The van der Waals surface area contributed by atoms with E-state index in [1.807, 2.05) is 30.3 Å². The van der Waals surface area contributed by atoms with E-state index in [0.29, 0.717) is 12.2 Å². The van der Waals surface area contributed by atoms with Crippen LogP contribution in [0.15, 0.2) is 36.5 Å². The standard InChI is InChI=1S/C19H21NO2S/c21-18(15-10-16-7-2-8-17(11-15)23(16)22)12-14-5-1-4-13-6-3-9-20-19(13)14/h1,3-6,9,15-17H,2,7-8,10-12H2. The SMILES string of the molecule is O=C(Cc1cccc2cccnc12)C1CC2CCCC(C1)S2=O. The molecule has 23 heavy (non-hydrogen) atoms. The Bertz CT molecular complexity index is 752. The van der Waals surface area contributed by atoms with Gasteiger partial charge in [0.1, 0.15) is 5.78 Å². The molecule has 2 aromatic rings. The molecule has 120 valence electrons. The lowest BCUT2D eigenvalue weighted by molar-refractivity contribution is -0.122. The first-order valence-corrected chi connectivity index (χ1v) is 9.74. The first kappa shape index (κ1) is 15.0. The van der Waals surface area contributed by atoms with Crippen LogP contribution in [0.1, 0.15) is 37.7 Å². The molecule has 0 radical (unpaired) electrons. The Kier molecular flexibility index (Phi) is 4.02. The van der Waals surface area contributed by atoms with Gasteiger partial charge in [-0.3, -0.25) is 14.0 Å². The lowest BCUT2D eigenvalue weighted by Crippen LogP contribution is -2.41. The van der Waals surface area contributed by atoms with Crippen LogP contribution in [0.2, 0.25) is 0 Å². The molecule has 2 bridgehead atoms. The number of carbonyl (C=O) groups is 1. The summed E-state index contributed by atoms with van der Waals surface area (Å²) in [7, 11) is -0.706. The Morgan fingerprint density at radius 1 is 1.13 bits per heavy atom. The number of fused-ring (bicyclic) bond motifs is 3. The van der Waals surface area contributed by atoms with Gasteiger partial charge in [0.25, 0.3) is 0 Å². The second kappa shape index (κ2) is 6.16. The summed E-state index contributed by atoms with van der Waals surface area (Å²) in [4.78, 5) is 17.3. The van der Waals surface area contributed by atoms with Crippen molar-refractivity contribution in [3.8, 4) is 0 Å². The van der Waals surface area contributed by atoms with Crippen LogP contribution in [-0.2, 0) is 22.0 Å². The van der Waals surface area contributed by atoms with E-state index in [1.165, 1.54) is 6.42 Å². The molecule has 3 heterocycles. The third kappa shape index (κ3) is 2.85. The van der Waals surface area contributed by atoms with E-state index in [-0.39, 0.29) is 16.4 Å². The van der Waals surface area contributed by atoms with Gasteiger partial charge in [0.05, 0.1) is 5.52 Å². The second-order valence-corrected chi connectivity index (χ2v) is 8.80. The third-order valence-electron chi connectivity index (χ3n) is 5.34. The molecule has 2 unspecified atom stereocenters. The third-order valence-corrected chi connectivity index (χ3v) is 7.51. The van der Waals surface area contributed by atoms with Crippen LogP contribution in [-0.4, -0.2) is 25.5 Å². The molecule has 2 aliphatic rings. The lowest BCUT2D eigenvalue weighted by atomic mass is 9.84. The summed E-state index contributed by atoms with van der Waals surface area (Å²) >= 11 is 0. The molecular formula is C19H21NO2S. The molecule has 0 amide bonds. The highest BCUT2D eigenvalue weighted by Crippen LogP contribution is 2.37. The number of hydrogen-bond acceptors (Lipinski definition) is 3. The molecule has 3 nitrogen and oxygen atoms in total. The second-order valence-electron chi connectivity index (χ2n) is 6.81. The quantitative estimate of drug-likeness (QED) is 0.868. The number of nitrogens with zero attached hydrogens (tertiary/aromatic N) is 1. The lowest BCUT2D eigenvalue weighted by Gasteiger charge is -2.37. The summed E-state index contributed by atoms with van der Waals surface area (Å²) in [5, 5.41) is 1.59. The van der Waals surface area contributed by atoms with Crippen LogP contribution in [0.4, 0.5) is 0 Å². The van der Waals surface area contributed by atoms with Gasteiger partial charge in [-0.05, 0) is 37.3 Å². The van der Waals surface area contributed by atoms with Crippen LogP contribution in [0.5, 0.6) is 0 Å². The topological polar surface area (TPSA) is 47.0 Å². The van der Waals surface area contributed by atoms with Crippen LogP contribution >= 0.6 is 0 Å². The minimum Gasteiger partial charge on any atom is -0.299 e. The van der Waals surface area contributed by atoms with E-state index < -0.39 is 10.8 Å². The van der Waals surface area contributed by atoms with Gasteiger partial charge in [0, 0.05) is 45.2 Å². The molecule has 2 saturated heterocycles. The summed E-state index contributed by atoms with van der Waals surface area (Å²) in [6, 6.07) is 9.99. The molecule has 2 aliphatic heterocycles. The molecule has 2 atom stereocenters. The van der Waals surface area contributed by atoms with E-state index in [1.54, 1.807) is 6.20 Å². The zero-order valence-corrected chi connectivity index (χ0v) is 13.9. The molecule has 0 saturated carbocycles. The Hall–Kier alpha value is -1.55. The fraction of sp³-hybridized carbons (Fsp3) is 0.474. The summed E-state index contributed by atoms with van der Waals surface area (Å²) in [6.45, 7) is 0. The number of rotatable bonds is 3. The summed E-state index contributed by atoms with van der Waals surface area (Å²) in [5.74, 6) is 0.388. The number of benzene rings is 1. The normalized spacial score (nSPS) is 30.3. The fourth-order valence-corrected chi connectivity index (χ4v) is 6.33. The summed E-state index contributed by atoms with van der Waals surface area (Å²) in [5.41, 5.74) is 1.95. The maximum absolute atomic E-state index is 12.8. The highest BCUT2D eigenvalue weighted by Gasteiger charge is 2.40. The molecule has 1 aromatic carbocycles. The first-order chi connectivity index (χ1) is 11.2. The monoisotopic (exact) mass is 327 g/mol. The number of carbonyl (C=O) groups excluding carboxylic acids is 1. The van der Waals surface area contributed by atoms with Gasteiger partial charge < -0.3 is 0 Å². The van der Waals surface area contributed by atoms with Gasteiger partial charge >= 0.3 is 0 Å². The number of pyridine rings is 1. The van der Waals surface area contributed by atoms with Gasteiger partial charge in [-0.15, -0.1) is 0 Å². The maximum atomic E-state index is 12.8. The molecule has 1 aromatic heterocycles. The maximum Gasteiger partial charge on any atom is 0.140 e. The Morgan fingerprint density at radius 3 is 2.65 bits per heavy atom. The predicted octanol–water partition coefficient (Wildman–Crippen LogP) is 3.43. The minimum absolute atomic E-state index is 0.0852. The van der Waals surface area contributed by atoms with Gasteiger partial charge in [-0.25, -0.2) is 0 Å². The fourth-order valence-electron chi connectivity index (χ4n) is 4.14. The van der Waals surface area contributed by atoms with Gasteiger partial charge in [0.15, 0.2) is 0 Å². The van der Waals surface area contributed by atoms with E-state index in [0.717, 1.165) is 42.1 Å². The van der Waals surface area contributed by atoms with E-state index >= 15 is 0 Å². The number of para-hydroxylation sites is 1. The average molecular weight is 327 g/mol. The van der Waals surface area contributed by atoms with Gasteiger partial charge in [-0.2, -0.15) is 0 Å². The zero-order chi connectivity index (χ0) is 15.8. The Labute approximate surface area is 139 Å². The molecule has 2 fully saturated rings. The Balaban J connectivity index is 1.55. The van der Waals surface area contributed by atoms with Crippen molar-refractivity contribution in [2.45, 2.75) is 49.0 Å². The first-order valence-electron chi connectivity index (χ1n) is 8.47. The molecule has 0 N–H and O–H groups in total. The summed E-state index contributed by atoms with van der Waals surface area (Å²) < 4.78 is 12.3. The smallest absolute Gasteiger partial charge is 0.140 e. The van der Waals surface area contributed by atoms with Crippen molar-refractivity contribution in [2.75, 3.05) is 0 Å². The van der Waals surface area contributed by atoms with E-state index in [9.17, 15) is 9.00 Å². The molecule has 4 heteroatoms. The van der Waals surface area contributed by atoms with Gasteiger partial charge in [0.2, 0.25) is 0 Å². The van der Waals surface area contributed by atoms with Crippen LogP contribution in [0, 0.1) is 5.92 Å². The zero-order valence-electron chi connectivity index (χ0n) is 13.1. The average Bonchev–Trinajstić information content (AvgIpc) is 2.55. The van der Waals surface area contributed by atoms with Crippen molar-refractivity contribution < 1.29 is 9.00 Å². The van der Waals surface area contributed by atoms with Crippen molar-refractivity contribution in [3.05, 3.63) is 42.1 Å². The number of Topliss-reactive ketones (excluding diaryl/α,β-unsaturated/α-hetero) is 1. The largest absolute Gasteiger partial charge is 0.299 e. The minimum atomic E-state index is -0.706. The predicted molar refractivity (Wildman–Crippen MR) is 92.7 cm³/mol. The molecule has 4 rings (SSSR count). The number of hydrogen-bond donors (Lipinski definition) is 0. The van der Waals surface area contributed by atoms with E-state index in [4.69, 9.17) is 0 Å². The van der Waals surface area contributed by atoms with Crippen LogP contribution in [0.25, 0.3) is 10.9 Å². The summed E-state index contributed by atoms with van der Waals surface area (Å²) in [6.07, 6.45) is 7.11. The van der Waals surface area contributed by atoms with Crippen molar-refractivity contribution >= 4 is 27.5 Å². The van der Waals surface area contributed by atoms with Crippen LogP contribution in [0.3, 0.4) is 0 Å². The number of ketones is 1. The highest BCUT2D eigenvalue weighted by molar-refractivity contribution is 7.86. The molecule has 0 spiro atoms. The van der Waals surface area contributed by atoms with Gasteiger partial charge in [-0.1, -0.05) is 30.7 Å². The van der Waals surface area contributed by atoms with Crippen molar-refractivity contribution in [3.63, 3.8) is 0 Å². The number of aromatic nitrogens is 1. The van der Waals surface area contributed by atoms with Crippen molar-refractivity contribution in [1.82, 2.24) is 4.98 Å². The van der Waals surface area contributed by atoms with Crippen LogP contribution < -0.4 is 0 Å². The molecule has 0 aliphatic carbocycles. The Morgan fingerprint density at radius 2 is 1.87 bits per heavy atom. The van der Waals surface area contributed by atoms with E-state index in [2.05, 4.69) is 4.98 Å². The van der Waals surface area contributed by atoms with Crippen molar-refractivity contribution in [1.29, 1.82) is 0 Å². The highest BCUT2D eigenvalue weighted by atomic mass is 32.2. The molecular weight excluding hydrogens is 306 g/mol.